The van der Waals surface area contributed by atoms with E-state index in [1.54, 1.807) is 23.9 Å². The molecule has 1 saturated carbocycles. The number of hydrogen-bond donors (Lipinski definition) is 1. The van der Waals surface area contributed by atoms with Gasteiger partial charge in [-0.05, 0) is 60.0 Å². The van der Waals surface area contributed by atoms with Crippen molar-refractivity contribution >= 4 is 23.4 Å². The molecule has 132 valence electrons. The molecule has 6 nitrogen and oxygen atoms in total. The van der Waals surface area contributed by atoms with Gasteiger partial charge in [0.2, 0.25) is 5.16 Å². The second-order valence-corrected chi connectivity index (χ2v) is 7.65. The standard InChI is InChI=1S/C19H19N5OS/c1-13(26-19-21-22-23-24(19)17-10-11-17)15-8-5-9-16(12-15)20-18(25)14-6-3-2-4-7-14/h2-9,12-13,17H,10-11H2,1H3,(H,20,25)/t13-/m1/s1. The van der Waals surface area contributed by atoms with Crippen LogP contribution in [-0.2, 0) is 0 Å². The lowest BCUT2D eigenvalue weighted by atomic mass is 10.1. The molecule has 1 fully saturated rings. The van der Waals surface area contributed by atoms with Gasteiger partial charge in [0, 0.05) is 16.5 Å². The Hall–Kier alpha value is -2.67. The summed E-state index contributed by atoms with van der Waals surface area (Å²) in [6.45, 7) is 2.12. The molecule has 4 rings (SSSR count). The Bertz CT molecular complexity index is 907. The van der Waals surface area contributed by atoms with Crippen molar-refractivity contribution in [2.24, 2.45) is 0 Å². The summed E-state index contributed by atoms with van der Waals surface area (Å²) in [6, 6.07) is 17.6. The van der Waals surface area contributed by atoms with Crippen LogP contribution in [-0.4, -0.2) is 26.1 Å². The second kappa shape index (κ2) is 7.29. The summed E-state index contributed by atoms with van der Waals surface area (Å²) in [7, 11) is 0. The third-order valence-corrected chi connectivity index (χ3v) is 5.39. The lowest BCUT2D eigenvalue weighted by molar-refractivity contribution is 0.102. The number of nitrogens with one attached hydrogen (secondary N) is 1. The van der Waals surface area contributed by atoms with Crippen LogP contribution < -0.4 is 5.32 Å². The topological polar surface area (TPSA) is 72.7 Å². The number of carbonyl (C=O) groups excluding carboxylic acids is 1. The first-order valence-electron chi connectivity index (χ1n) is 8.61. The average Bonchev–Trinajstić information content (AvgIpc) is 3.42. The first kappa shape index (κ1) is 16.8. The molecule has 0 saturated heterocycles. The van der Waals surface area contributed by atoms with Crippen molar-refractivity contribution in [1.82, 2.24) is 20.2 Å². The number of anilines is 1. The van der Waals surface area contributed by atoms with E-state index >= 15 is 0 Å². The highest BCUT2D eigenvalue weighted by Crippen LogP contribution is 2.40. The van der Waals surface area contributed by atoms with E-state index in [4.69, 9.17) is 0 Å². The summed E-state index contributed by atoms with van der Waals surface area (Å²) in [5.41, 5.74) is 2.54. The Morgan fingerprint density at radius 2 is 2.00 bits per heavy atom. The van der Waals surface area contributed by atoms with Crippen molar-refractivity contribution < 1.29 is 4.79 Å². The van der Waals surface area contributed by atoms with Gasteiger partial charge in [0.1, 0.15) is 0 Å². The summed E-state index contributed by atoms with van der Waals surface area (Å²) in [4.78, 5) is 12.3. The van der Waals surface area contributed by atoms with E-state index < -0.39 is 0 Å². The van der Waals surface area contributed by atoms with Crippen LogP contribution in [0.3, 0.4) is 0 Å². The summed E-state index contributed by atoms with van der Waals surface area (Å²) in [5, 5.41) is 16.0. The molecule has 1 amide bonds. The lowest BCUT2D eigenvalue weighted by Gasteiger charge is -2.13. The van der Waals surface area contributed by atoms with E-state index in [1.807, 2.05) is 41.1 Å². The molecule has 0 bridgehead atoms. The third-order valence-electron chi connectivity index (χ3n) is 4.29. The number of nitrogens with zero attached hydrogens (tertiary/aromatic N) is 4. The molecule has 1 atom stereocenters. The first-order chi connectivity index (χ1) is 12.7. The zero-order chi connectivity index (χ0) is 17.9. The van der Waals surface area contributed by atoms with Gasteiger partial charge in [-0.15, -0.1) is 5.10 Å². The van der Waals surface area contributed by atoms with Gasteiger partial charge in [0.05, 0.1) is 6.04 Å². The summed E-state index contributed by atoms with van der Waals surface area (Å²) in [5.74, 6) is -0.110. The van der Waals surface area contributed by atoms with Crippen LogP contribution in [0.1, 0.15) is 47.0 Å². The van der Waals surface area contributed by atoms with Gasteiger partial charge >= 0.3 is 0 Å². The number of thioether (sulfide) groups is 1. The van der Waals surface area contributed by atoms with Gasteiger partial charge in [-0.25, -0.2) is 4.68 Å². The van der Waals surface area contributed by atoms with Crippen LogP contribution in [0.4, 0.5) is 5.69 Å². The third kappa shape index (κ3) is 3.77. The Morgan fingerprint density at radius 1 is 1.19 bits per heavy atom. The fourth-order valence-corrected chi connectivity index (χ4v) is 3.68. The number of hydrogen-bond acceptors (Lipinski definition) is 5. The normalized spacial score (nSPS) is 14.8. The molecule has 0 aliphatic heterocycles. The molecule has 7 heteroatoms. The first-order valence-corrected chi connectivity index (χ1v) is 9.49. The zero-order valence-corrected chi connectivity index (χ0v) is 15.2. The minimum absolute atomic E-state index is 0.110. The van der Waals surface area contributed by atoms with E-state index in [2.05, 4.69) is 33.8 Å². The van der Waals surface area contributed by atoms with E-state index in [-0.39, 0.29) is 11.2 Å². The van der Waals surface area contributed by atoms with Crippen molar-refractivity contribution in [2.45, 2.75) is 36.2 Å². The molecule has 0 spiro atoms. The minimum Gasteiger partial charge on any atom is -0.322 e. The minimum atomic E-state index is -0.110. The number of aromatic nitrogens is 4. The van der Waals surface area contributed by atoms with Crippen molar-refractivity contribution in [1.29, 1.82) is 0 Å². The molecule has 2 aromatic carbocycles. The van der Waals surface area contributed by atoms with Crippen LogP contribution in [0.2, 0.25) is 0 Å². The highest BCUT2D eigenvalue weighted by Gasteiger charge is 2.28. The molecule has 1 aliphatic rings. The number of carbonyl (C=O) groups is 1. The quantitative estimate of drug-likeness (QED) is 0.666. The van der Waals surface area contributed by atoms with Crippen LogP contribution in [0.15, 0.2) is 59.8 Å². The molecule has 26 heavy (non-hydrogen) atoms. The van der Waals surface area contributed by atoms with E-state index in [0.29, 0.717) is 11.6 Å². The van der Waals surface area contributed by atoms with Crippen molar-refractivity contribution in [3.63, 3.8) is 0 Å². The fourth-order valence-electron chi connectivity index (χ4n) is 2.70. The van der Waals surface area contributed by atoms with E-state index in [1.165, 1.54) is 0 Å². The Balaban J connectivity index is 1.46. The molecule has 1 heterocycles. The van der Waals surface area contributed by atoms with E-state index in [0.717, 1.165) is 29.2 Å². The molecule has 0 unspecified atom stereocenters. The predicted octanol–water partition coefficient (Wildman–Crippen LogP) is 4.11. The van der Waals surface area contributed by atoms with Crippen LogP contribution in [0.25, 0.3) is 0 Å². The van der Waals surface area contributed by atoms with Crippen molar-refractivity contribution in [2.75, 3.05) is 5.32 Å². The van der Waals surface area contributed by atoms with Crippen LogP contribution in [0, 0.1) is 0 Å². The fraction of sp³-hybridized carbons (Fsp3) is 0.263. The highest BCUT2D eigenvalue weighted by atomic mass is 32.2. The van der Waals surface area contributed by atoms with Gasteiger partial charge in [-0.2, -0.15) is 0 Å². The Kier molecular flexibility index (Phi) is 4.71. The van der Waals surface area contributed by atoms with Gasteiger partial charge in [-0.1, -0.05) is 42.1 Å². The Morgan fingerprint density at radius 3 is 2.77 bits per heavy atom. The molecule has 1 N–H and O–H groups in total. The zero-order valence-electron chi connectivity index (χ0n) is 14.4. The van der Waals surface area contributed by atoms with Gasteiger partial charge < -0.3 is 5.32 Å². The highest BCUT2D eigenvalue weighted by molar-refractivity contribution is 7.99. The number of amides is 1. The predicted molar refractivity (Wildman–Crippen MR) is 101 cm³/mol. The monoisotopic (exact) mass is 365 g/mol. The number of tetrazole rings is 1. The maximum absolute atomic E-state index is 12.3. The van der Waals surface area contributed by atoms with Gasteiger partial charge in [0.25, 0.3) is 5.91 Å². The molecule has 1 aromatic heterocycles. The summed E-state index contributed by atoms with van der Waals surface area (Å²) >= 11 is 1.64. The van der Waals surface area contributed by atoms with Crippen LogP contribution in [0.5, 0.6) is 0 Å². The maximum atomic E-state index is 12.3. The van der Waals surface area contributed by atoms with Crippen LogP contribution >= 0.6 is 11.8 Å². The second-order valence-electron chi connectivity index (χ2n) is 6.34. The number of rotatable bonds is 6. The largest absolute Gasteiger partial charge is 0.322 e. The molecule has 1 aliphatic carbocycles. The van der Waals surface area contributed by atoms with E-state index in [9.17, 15) is 4.79 Å². The molecule has 3 aromatic rings. The van der Waals surface area contributed by atoms with Crippen molar-refractivity contribution in [3.8, 4) is 0 Å². The smallest absolute Gasteiger partial charge is 0.255 e. The molecular weight excluding hydrogens is 346 g/mol. The SMILES string of the molecule is C[C@@H](Sc1nnnn1C1CC1)c1cccc(NC(=O)c2ccccc2)c1. The lowest BCUT2D eigenvalue weighted by Crippen LogP contribution is -2.11. The van der Waals surface area contributed by atoms with Gasteiger partial charge in [-0.3, -0.25) is 4.79 Å². The summed E-state index contributed by atoms with van der Waals surface area (Å²) < 4.78 is 1.92. The molecule has 0 radical (unpaired) electrons. The summed E-state index contributed by atoms with van der Waals surface area (Å²) in [6.07, 6.45) is 2.29. The number of benzene rings is 2. The molecular formula is C19H19N5OS. The van der Waals surface area contributed by atoms with Crippen molar-refractivity contribution in [3.05, 3.63) is 65.7 Å². The maximum Gasteiger partial charge on any atom is 0.255 e. The van der Waals surface area contributed by atoms with Gasteiger partial charge in [0.15, 0.2) is 0 Å². The average molecular weight is 365 g/mol. The Labute approximate surface area is 156 Å².